The Morgan fingerprint density at radius 1 is 1.37 bits per heavy atom. The number of halogens is 1. The van der Waals surface area contributed by atoms with Crippen LogP contribution in [0.3, 0.4) is 0 Å². The van der Waals surface area contributed by atoms with Crippen molar-refractivity contribution in [1.29, 1.82) is 0 Å². The number of aromatic nitrogens is 3. The smallest absolute Gasteiger partial charge is 0.149 e. The second kappa shape index (κ2) is 5.93. The maximum atomic E-state index is 13.9. The van der Waals surface area contributed by atoms with Gasteiger partial charge in [-0.1, -0.05) is 25.1 Å². The molecule has 19 heavy (non-hydrogen) atoms. The summed E-state index contributed by atoms with van der Waals surface area (Å²) in [6.07, 6.45) is 1.66. The molecule has 0 unspecified atom stereocenters. The third kappa shape index (κ3) is 3.38. The molecule has 0 spiro atoms. The van der Waals surface area contributed by atoms with Crippen molar-refractivity contribution in [2.75, 3.05) is 6.54 Å². The van der Waals surface area contributed by atoms with E-state index in [1.165, 1.54) is 6.07 Å². The molecule has 0 bridgehead atoms. The molecule has 0 aliphatic rings. The largest absolute Gasteiger partial charge is 0.311 e. The van der Waals surface area contributed by atoms with Gasteiger partial charge in [-0.3, -0.25) is 0 Å². The fourth-order valence-corrected chi connectivity index (χ4v) is 1.85. The minimum Gasteiger partial charge on any atom is -0.311 e. The van der Waals surface area contributed by atoms with Gasteiger partial charge in [-0.2, -0.15) is 0 Å². The zero-order valence-corrected chi connectivity index (χ0v) is 11.5. The first-order valence-corrected chi connectivity index (χ1v) is 6.44. The van der Waals surface area contributed by atoms with E-state index in [9.17, 15) is 4.39 Å². The van der Waals surface area contributed by atoms with Crippen LogP contribution >= 0.6 is 0 Å². The molecular formula is C14H19FN4. The van der Waals surface area contributed by atoms with E-state index in [0.29, 0.717) is 18.2 Å². The summed E-state index contributed by atoms with van der Waals surface area (Å²) in [6, 6.07) is 5.10. The molecule has 2 aromatic rings. The summed E-state index contributed by atoms with van der Waals surface area (Å²) >= 11 is 0. The summed E-state index contributed by atoms with van der Waals surface area (Å²) in [5, 5.41) is 11.1. The average molecular weight is 262 g/mol. The van der Waals surface area contributed by atoms with Crippen molar-refractivity contribution in [1.82, 2.24) is 20.3 Å². The molecule has 1 heterocycles. The van der Waals surface area contributed by atoms with E-state index in [0.717, 1.165) is 17.8 Å². The molecule has 5 heteroatoms. The highest BCUT2D eigenvalue weighted by Gasteiger charge is 2.10. The number of hydrogen-bond acceptors (Lipinski definition) is 3. The first-order valence-electron chi connectivity index (χ1n) is 6.44. The van der Waals surface area contributed by atoms with E-state index < -0.39 is 0 Å². The van der Waals surface area contributed by atoms with Crippen LogP contribution < -0.4 is 5.32 Å². The average Bonchev–Trinajstić information content (AvgIpc) is 2.77. The Morgan fingerprint density at radius 2 is 2.16 bits per heavy atom. The van der Waals surface area contributed by atoms with Crippen molar-refractivity contribution in [2.45, 2.75) is 27.3 Å². The van der Waals surface area contributed by atoms with E-state index in [-0.39, 0.29) is 5.82 Å². The van der Waals surface area contributed by atoms with E-state index in [1.807, 2.05) is 13.0 Å². The molecule has 0 atom stereocenters. The van der Waals surface area contributed by atoms with Crippen molar-refractivity contribution in [3.8, 4) is 5.69 Å². The van der Waals surface area contributed by atoms with Crippen LogP contribution in [0.5, 0.6) is 0 Å². The molecule has 2 rings (SSSR count). The maximum absolute atomic E-state index is 13.9. The van der Waals surface area contributed by atoms with Gasteiger partial charge in [0.05, 0.1) is 11.9 Å². The fourth-order valence-electron chi connectivity index (χ4n) is 1.85. The summed E-state index contributed by atoms with van der Waals surface area (Å²) < 4.78 is 15.5. The molecule has 1 aromatic heterocycles. The summed E-state index contributed by atoms with van der Waals surface area (Å²) in [5.74, 6) is 0.288. The highest BCUT2D eigenvalue weighted by Crippen LogP contribution is 2.15. The molecule has 1 N–H and O–H groups in total. The monoisotopic (exact) mass is 262 g/mol. The second-order valence-corrected chi connectivity index (χ2v) is 5.12. The molecule has 0 amide bonds. The molecule has 1 aromatic carbocycles. The van der Waals surface area contributed by atoms with E-state index in [1.54, 1.807) is 16.9 Å². The predicted octanol–water partition coefficient (Wildman–Crippen LogP) is 2.46. The Morgan fingerprint density at radius 3 is 2.84 bits per heavy atom. The SMILES string of the molecule is Cc1ccc(-n2nncc2CNCC(C)C)c(F)c1. The van der Waals surface area contributed by atoms with Crippen molar-refractivity contribution < 1.29 is 4.39 Å². The molecule has 0 radical (unpaired) electrons. The van der Waals surface area contributed by atoms with Crippen molar-refractivity contribution in [2.24, 2.45) is 5.92 Å². The molecule has 0 saturated heterocycles. The van der Waals surface area contributed by atoms with Gasteiger partial charge in [-0.05, 0) is 37.1 Å². The van der Waals surface area contributed by atoms with Crippen LogP contribution in [0.25, 0.3) is 5.69 Å². The lowest BCUT2D eigenvalue weighted by molar-refractivity contribution is 0.538. The topological polar surface area (TPSA) is 42.7 Å². The van der Waals surface area contributed by atoms with Gasteiger partial charge in [0.1, 0.15) is 11.5 Å². The lowest BCUT2D eigenvalue weighted by atomic mass is 10.2. The Balaban J connectivity index is 2.19. The minimum absolute atomic E-state index is 0.282. The third-order valence-electron chi connectivity index (χ3n) is 2.81. The van der Waals surface area contributed by atoms with Crippen molar-refractivity contribution >= 4 is 0 Å². The predicted molar refractivity (Wildman–Crippen MR) is 72.6 cm³/mol. The lowest BCUT2D eigenvalue weighted by Crippen LogP contribution is -2.21. The first kappa shape index (κ1) is 13.7. The van der Waals surface area contributed by atoms with Gasteiger partial charge in [0.15, 0.2) is 0 Å². The van der Waals surface area contributed by atoms with Gasteiger partial charge < -0.3 is 5.32 Å². The quantitative estimate of drug-likeness (QED) is 0.900. The molecule has 0 fully saturated rings. The number of nitrogens with one attached hydrogen (secondary N) is 1. The minimum atomic E-state index is -0.282. The second-order valence-electron chi connectivity index (χ2n) is 5.12. The van der Waals surface area contributed by atoms with Crippen LogP contribution in [0, 0.1) is 18.7 Å². The van der Waals surface area contributed by atoms with Crippen LogP contribution in [0.1, 0.15) is 25.1 Å². The Bertz CT molecular complexity index is 548. The number of nitrogens with zero attached hydrogens (tertiary/aromatic N) is 3. The zero-order chi connectivity index (χ0) is 13.8. The lowest BCUT2D eigenvalue weighted by Gasteiger charge is -2.10. The summed E-state index contributed by atoms with van der Waals surface area (Å²) in [5.41, 5.74) is 2.17. The van der Waals surface area contributed by atoms with Gasteiger partial charge in [0.2, 0.25) is 0 Å². The van der Waals surface area contributed by atoms with E-state index in [4.69, 9.17) is 0 Å². The molecule has 102 valence electrons. The number of benzene rings is 1. The fraction of sp³-hybridized carbons (Fsp3) is 0.429. The van der Waals surface area contributed by atoms with Crippen LogP contribution in [0.2, 0.25) is 0 Å². The third-order valence-corrected chi connectivity index (χ3v) is 2.81. The molecule has 0 saturated carbocycles. The molecule has 4 nitrogen and oxygen atoms in total. The van der Waals surface area contributed by atoms with Crippen molar-refractivity contribution in [3.05, 3.63) is 41.5 Å². The van der Waals surface area contributed by atoms with E-state index >= 15 is 0 Å². The highest BCUT2D eigenvalue weighted by atomic mass is 19.1. The zero-order valence-electron chi connectivity index (χ0n) is 11.5. The standard InChI is InChI=1S/C14H19FN4/c1-10(2)7-16-8-12-9-17-18-19(12)14-5-4-11(3)6-13(14)15/h4-6,9-10,16H,7-8H2,1-3H3. The number of rotatable bonds is 5. The number of aryl methyl sites for hydroxylation is 1. The normalized spacial score (nSPS) is 11.2. The maximum Gasteiger partial charge on any atom is 0.149 e. The Labute approximate surface area is 112 Å². The van der Waals surface area contributed by atoms with Crippen LogP contribution in [-0.2, 0) is 6.54 Å². The summed E-state index contributed by atoms with van der Waals surface area (Å²) in [6.45, 7) is 7.67. The highest BCUT2D eigenvalue weighted by molar-refractivity contribution is 5.36. The van der Waals surface area contributed by atoms with Gasteiger partial charge in [0, 0.05) is 6.54 Å². The summed E-state index contributed by atoms with van der Waals surface area (Å²) in [4.78, 5) is 0. The van der Waals surface area contributed by atoms with Crippen LogP contribution in [0.4, 0.5) is 4.39 Å². The van der Waals surface area contributed by atoms with E-state index in [2.05, 4.69) is 29.5 Å². The van der Waals surface area contributed by atoms with Gasteiger partial charge in [-0.15, -0.1) is 5.10 Å². The van der Waals surface area contributed by atoms with Crippen LogP contribution in [0.15, 0.2) is 24.4 Å². The van der Waals surface area contributed by atoms with Gasteiger partial charge in [-0.25, -0.2) is 9.07 Å². The van der Waals surface area contributed by atoms with Gasteiger partial charge in [0.25, 0.3) is 0 Å². The first-order chi connectivity index (χ1) is 9.08. The Kier molecular flexibility index (Phi) is 4.27. The van der Waals surface area contributed by atoms with Crippen molar-refractivity contribution in [3.63, 3.8) is 0 Å². The molecular weight excluding hydrogens is 243 g/mol. The molecule has 0 aliphatic carbocycles. The molecule has 0 aliphatic heterocycles. The number of hydrogen-bond donors (Lipinski definition) is 1. The van der Waals surface area contributed by atoms with Gasteiger partial charge >= 0.3 is 0 Å². The summed E-state index contributed by atoms with van der Waals surface area (Å²) in [7, 11) is 0. The van der Waals surface area contributed by atoms with Crippen LogP contribution in [-0.4, -0.2) is 21.5 Å². The Hall–Kier alpha value is -1.75.